The van der Waals surface area contributed by atoms with Gasteiger partial charge in [0.1, 0.15) is 5.75 Å². The maximum atomic E-state index is 12.3. The van der Waals surface area contributed by atoms with Crippen molar-refractivity contribution in [2.24, 2.45) is 0 Å². The van der Waals surface area contributed by atoms with Crippen LogP contribution in [0.1, 0.15) is 18.1 Å². The van der Waals surface area contributed by atoms with Gasteiger partial charge in [-0.05, 0) is 55.8 Å². The lowest BCUT2D eigenvalue weighted by molar-refractivity contribution is 0.415. The molecule has 2 rings (SSSR count). The smallest absolute Gasteiger partial charge is 0.257 e. The van der Waals surface area contributed by atoms with Crippen LogP contribution in [0.4, 0.5) is 0 Å². The number of benzene rings is 2. The van der Waals surface area contributed by atoms with E-state index in [1.54, 1.807) is 37.5 Å². The Morgan fingerprint density at radius 1 is 1.04 bits per heavy atom. The highest BCUT2D eigenvalue weighted by Gasteiger charge is 2.14. The van der Waals surface area contributed by atoms with Gasteiger partial charge in [0.25, 0.3) is 10.0 Å². The molecule has 0 heterocycles. The van der Waals surface area contributed by atoms with Crippen molar-refractivity contribution in [2.75, 3.05) is 7.11 Å². The molecule has 0 atom stereocenters. The fourth-order valence-corrected chi connectivity index (χ4v) is 2.84. The number of aryl methyl sites for hydroxylation is 1. The molecule has 5 nitrogen and oxygen atoms in total. The number of hydrogen-bond donors (Lipinski definition) is 2. The molecular weight excluding hydrogens is 312 g/mol. The molecule has 2 N–H and O–H groups in total. The van der Waals surface area contributed by atoms with Gasteiger partial charge in [0.05, 0.1) is 17.7 Å². The van der Waals surface area contributed by atoms with Crippen molar-refractivity contribution in [3.05, 3.63) is 65.7 Å². The molecule has 122 valence electrons. The van der Waals surface area contributed by atoms with Crippen LogP contribution in [0.25, 0.3) is 5.70 Å². The average molecular weight is 332 g/mol. The quantitative estimate of drug-likeness (QED) is 0.798. The van der Waals surface area contributed by atoms with Crippen molar-refractivity contribution < 1.29 is 13.2 Å². The summed E-state index contributed by atoms with van der Waals surface area (Å²) in [7, 11) is -2.03. The van der Waals surface area contributed by atoms with E-state index in [9.17, 15) is 8.42 Å². The zero-order valence-corrected chi connectivity index (χ0v) is 14.1. The van der Waals surface area contributed by atoms with Crippen molar-refractivity contribution in [1.82, 2.24) is 10.3 Å². The fourth-order valence-electron chi connectivity index (χ4n) is 1.98. The van der Waals surface area contributed by atoms with Crippen LogP contribution >= 0.6 is 0 Å². The van der Waals surface area contributed by atoms with Crippen LogP contribution in [-0.2, 0) is 10.0 Å². The van der Waals surface area contributed by atoms with Crippen molar-refractivity contribution in [2.45, 2.75) is 18.7 Å². The molecule has 23 heavy (non-hydrogen) atoms. The third kappa shape index (κ3) is 4.34. The van der Waals surface area contributed by atoms with Crippen LogP contribution in [0, 0.1) is 6.92 Å². The Kier molecular flexibility index (Phi) is 5.41. The standard InChI is InChI=1S/C17H20N2O3S/c1-4-17(14-7-9-15(22-3)10-8-14)18-19-23(20,21)16-11-5-13(2)6-12-16/h4-12,18-19H,1-3H3/b17-4+. The van der Waals surface area contributed by atoms with Crippen molar-refractivity contribution in [3.8, 4) is 5.75 Å². The molecule has 0 unspecified atom stereocenters. The van der Waals surface area contributed by atoms with Gasteiger partial charge in [-0.3, -0.25) is 0 Å². The summed E-state index contributed by atoms with van der Waals surface area (Å²) in [4.78, 5) is 2.60. The Hall–Kier alpha value is -2.31. The molecule has 0 aliphatic carbocycles. The number of ether oxygens (including phenoxy) is 1. The Morgan fingerprint density at radius 3 is 2.17 bits per heavy atom. The maximum Gasteiger partial charge on any atom is 0.257 e. The second kappa shape index (κ2) is 7.30. The molecule has 0 aromatic heterocycles. The summed E-state index contributed by atoms with van der Waals surface area (Å²) in [6.07, 6.45) is 1.79. The van der Waals surface area contributed by atoms with Crippen molar-refractivity contribution in [1.29, 1.82) is 0 Å². The van der Waals surface area contributed by atoms with Crippen LogP contribution in [0.5, 0.6) is 5.75 Å². The molecule has 0 saturated heterocycles. The van der Waals surface area contributed by atoms with E-state index in [2.05, 4.69) is 10.3 Å². The van der Waals surface area contributed by atoms with Crippen LogP contribution in [-0.4, -0.2) is 15.5 Å². The Bertz CT molecular complexity index is 780. The van der Waals surface area contributed by atoms with E-state index in [0.717, 1.165) is 16.9 Å². The fraction of sp³-hybridized carbons (Fsp3) is 0.176. The van der Waals surface area contributed by atoms with Gasteiger partial charge in [-0.1, -0.05) is 23.8 Å². The minimum atomic E-state index is -3.63. The molecule has 0 fully saturated rings. The Morgan fingerprint density at radius 2 is 1.65 bits per heavy atom. The summed E-state index contributed by atoms with van der Waals surface area (Å²) in [6, 6.07) is 14.0. The molecule has 0 amide bonds. The number of hydrogen-bond acceptors (Lipinski definition) is 4. The van der Waals surface area contributed by atoms with Gasteiger partial charge in [-0.25, -0.2) is 8.42 Å². The number of rotatable bonds is 6. The van der Waals surface area contributed by atoms with Crippen molar-refractivity contribution in [3.63, 3.8) is 0 Å². The summed E-state index contributed by atoms with van der Waals surface area (Å²) in [5.74, 6) is 0.740. The Balaban J connectivity index is 2.12. The molecule has 0 aliphatic rings. The number of methoxy groups -OCH3 is 1. The first-order valence-corrected chi connectivity index (χ1v) is 8.60. The minimum Gasteiger partial charge on any atom is -0.497 e. The van der Waals surface area contributed by atoms with Crippen molar-refractivity contribution >= 4 is 15.7 Å². The first-order chi connectivity index (χ1) is 11.0. The van der Waals surface area contributed by atoms with E-state index in [0.29, 0.717) is 5.70 Å². The predicted molar refractivity (Wildman–Crippen MR) is 91.3 cm³/mol. The minimum absolute atomic E-state index is 0.209. The number of nitrogens with one attached hydrogen (secondary N) is 2. The van der Waals surface area contributed by atoms with Crippen LogP contribution in [0.3, 0.4) is 0 Å². The highest BCUT2D eigenvalue weighted by molar-refractivity contribution is 7.89. The summed E-state index contributed by atoms with van der Waals surface area (Å²) >= 11 is 0. The molecule has 6 heteroatoms. The van der Waals surface area contributed by atoms with Crippen LogP contribution in [0.15, 0.2) is 59.5 Å². The maximum absolute atomic E-state index is 12.3. The summed E-state index contributed by atoms with van der Waals surface area (Å²) in [5.41, 5.74) is 5.27. The average Bonchev–Trinajstić information content (AvgIpc) is 2.56. The third-order valence-electron chi connectivity index (χ3n) is 3.34. The van der Waals surface area contributed by atoms with Crippen LogP contribution < -0.4 is 15.0 Å². The van der Waals surface area contributed by atoms with Gasteiger partial charge < -0.3 is 10.2 Å². The molecule has 0 radical (unpaired) electrons. The van der Waals surface area contributed by atoms with E-state index in [4.69, 9.17) is 4.74 Å². The van der Waals surface area contributed by atoms with Crippen LogP contribution in [0.2, 0.25) is 0 Å². The van der Waals surface area contributed by atoms with Gasteiger partial charge in [0.2, 0.25) is 0 Å². The number of allylic oxidation sites excluding steroid dienone is 1. The topological polar surface area (TPSA) is 67.4 Å². The Labute approximate surface area is 137 Å². The number of hydrazine groups is 1. The predicted octanol–water partition coefficient (Wildman–Crippen LogP) is 2.85. The molecule has 2 aromatic rings. The molecule has 0 bridgehead atoms. The summed E-state index contributed by atoms with van der Waals surface area (Å²) in [5, 5.41) is 0. The van der Waals surface area contributed by atoms with Gasteiger partial charge >= 0.3 is 0 Å². The lowest BCUT2D eigenvalue weighted by Crippen LogP contribution is -2.36. The summed E-state index contributed by atoms with van der Waals surface area (Å²) in [6.45, 7) is 3.73. The largest absolute Gasteiger partial charge is 0.497 e. The monoisotopic (exact) mass is 332 g/mol. The SMILES string of the molecule is C/C=C(/NNS(=O)(=O)c1ccc(C)cc1)c1ccc(OC)cc1. The lowest BCUT2D eigenvalue weighted by Gasteiger charge is -2.13. The number of sulfonamides is 1. The molecule has 0 saturated carbocycles. The first kappa shape index (κ1) is 17.1. The van der Waals surface area contributed by atoms with Gasteiger partial charge in [-0.15, -0.1) is 4.83 Å². The first-order valence-electron chi connectivity index (χ1n) is 7.11. The highest BCUT2D eigenvalue weighted by atomic mass is 32.2. The normalized spacial score (nSPS) is 12.0. The second-order valence-corrected chi connectivity index (χ2v) is 6.66. The zero-order valence-electron chi connectivity index (χ0n) is 13.3. The highest BCUT2D eigenvalue weighted by Crippen LogP contribution is 2.17. The van der Waals surface area contributed by atoms with E-state index in [1.807, 2.05) is 38.1 Å². The molecule has 0 spiro atoms. The second-order valence-electron chi connectivity index (χ2n) is 4.97. The zero-order chi connectivity index (χ0) is 16.9. The lowest BCUT2D eigenvalue weighted by atomic mass is 10.1. The van der Waals surface area contributed by atoms with Gasteiger partial charge in [0.15, 0.2) is 0 Å². The summed E-state index contributed by atoms with van der Waals surface area (Å²) < 4.78 is 29.7. The molecule has 2 aromatic carbocycles. The van der Waals surface area contributed by atoms with Gasteiger partial charge in [-0.2, -0.15) is 0 Å². The molecular formula is C17H20N2O3S. The third-order valence-corrected chi connectivity index (χ3v) is 4.60. The van der Waals surface area contributed by atoms with E-state index >= 15 is 0 Å². The van der Waals surface area contributed by atoms with E-state index < -0.39 is 10.0 Å². The molecule has 0 aliphatic heterocycles. The van der Waals surface area contributed by atoms with E-state index in [1.165, 1.54) is 0 Å². The van der Waals surface area contributed by atoms with E-state index in [-0.39, 0.29) is 4.90 Å². The van der Waals surface area contributed by atoms with Gasteiger partial charge in [0, 0.05) is 0 Å².